The van der Waals surface area contributed by atoms with Gasteiger partial charge in [-0.2, -0.15) is 0 Å². The van der Waals surface area contributed by atoms with Gasteiger partial charge in [0.15, 0.2) is 0 Å². The summed E-state index contributed by atoms with van der Waals surface area (Å²) in [7, 11) is 1.53. The number of methoxy groups -OCH3 is 1. The zero-order valence-corrected chi connectivity index (χ0v) is 11.9. The molecule has 5 heteroatoms. The monoisotopic (exact) mass is 266 g/mol. The van der Waals surface area contributed by atoms with E-state index in [-0.39, 0.29) is 10.9 Å². The van der Waals surface area contributed by atoms with Gasteiger partial charge in [0.05, 0.1) is 12.8 Å². The number of para-hydroxylation sites is 1. The van der Waals surface area contributed by atoms with Gasteiger partial charge in [-0.05, 0) is 12.1 Å². The molecule has 1 amide bonds. The fourth-order valence-electron chi connectivity index (χ4n) is 1.34. The van der Waals surface area contributed by atoms with Crippen molar-refractivity contribution in [3.8, 4) is 5.75 Å². The maximum atomic E-state index is 12.0. The second-order valence-corrected chi connectivity index (χ2v) is 5.39. The Kier molecular flexibility index (Phi) is 4.29. The maximum Gasteiger partial charge on any atom is 0.229 e. The van der Waals surface area contributed by atoms with Gasteiger partial charge in [0.25, 0.3) is 0 Å². The summed E-state index contributed by atoms with van der Waals surface area (Å²) in [6, 6.07) is 5.28. The van der Waals surface area contributed by atoms with Gasteiger partial charge in [-0.25, -0.2) is 0 Å². The summed E-state index contributed by atoms with van der Waals surface area (Å²) in [5, 5.41) is 2.82. The SMILES string of the molecule is COc1cccc(C(N)=S)c1NC(=O)C(C)(C)C. The van der Waals surface area contributed by atoms with Crippen molar-refractivity contribution in [3.05, 3.63) is 23.8 Å². The summed E-state index contributed by atoms with van der Waals surface area (Å²) in [6.45, 7) is 5.49. The number of rotatable bonds is 3. The number of amides is 1. The van der Waals surface area contributed by atoms with Gasteiger partial charge < -0.3 is 15.8 Å². The molecule has 0 unspecified atom stereocenters. The molecule has 1 aromatic carbocycles. The second-order valence-electron chi connectivity index (χ2n) is 4.95. The Morgan fingerprint density at radius 3 is 2.44 bits per heavy atom. The molecule has 0 atom stereocenters. The van der Waals surface area contributed by atoms with E-state index < -0.39 is 5.41 Å². The number of nitrogens with one attached hydrogen (secondary N) is 1. The molecule has 1 rings (SSSR count). The van der Waals surface area contributed by atoms with Crippen LogP contribution >= 0.6 is 12.2 Å². The van der Waals surface area contributed by atoms with Crippen LogP contribution in [0.3, 0.4) is 0 Å². The highest BCUT2D eigenvalue weighted by atomic mass is 32.1. The summed E-state index contributed by atoms with van der Waals surface area (Å²) in [4.78, 5) is 12.2. The molecule has 0 saturated carbocycles. The number of hydrogen-bond acceptors (Lipinski definition) is 3. The van der Waals surface area contributed by atoms with Crippen LogP contribution in [0.5, 0.6) is 5.75 Å². The third-order valence-corrected chi connectivity index (χ3v) is 2.65. The Morgan fingerprint density at radius 1 is 1.39 bits per heavy atom. The standard InChI is InChI=1S/C13H18N2O2S/c1-13(2,3)12(16)15-10-8(11(14)18)6-5-7-9(10)17-4/h5-7H,1-4H3,(H2,14,18)(H,15,16). The Balaban J connectivity index is 3.21. The van der Waals surface area contributed by atoms with E-state index in [1.54, 1.807) is 18.2 Å². The van der Waals surface area contributed by atoms with Gasteiger partial charge in [0, 0.05) is 11.0 Å². The molecule has 0 saturated heterocycles. The largest absolute Gasteiger partial charge is 0.495 e. The number of nitrogens with two attached hydrogens (primary N) is 1. The van der Waals surface area contributed by atoms with Crippen molar-refractivity contribution in [2.75, 3.05) is 12.4 Å². The molecule has 3 N–H and O–H groups in total. The van der Waals surface area contributed by atoms with Gasteiger partial charge in [0.2, 0.25) is 5.91 Å². The van der Waals surface area contributed by atoms with E-state index in [1.807, 2.05) is 20.8 Å². The van der Waals surface area contributed by atoms with E-state index in [1.165, 1.54) is 7.11 Å². The molecule has 0 aliphatic rings. The van der Waals surface area contributed by atoms with Gasteiger partial charge in [-0.3, -0.25) is 4.79 Å². The molecule has 0 bridgehead atoms. The highest BCUT2D eigenvalue weighted by Gasteiger charge is 2.23. The van der Waals surface area contributed by atoms with Crippen molar-refractivity contribution in [3.63, 3.8) is 0 Å². The molecule has 0 heterocycles. The summed E-state index contributed by atoms with van der Waals surface area (Å²) in [5.41, 5.74) is 6.26. The highest BCUT2D eigenvalue weighted by molar-refractivity contribution is 7.80. The number of anilines is 1. The van der Waals surface area contributed by atoms with Gasteiger partial charge >= 0.3 is 0 Å². The average Bonchev–Trinajstić information content (AvgIpc) is 2.27. The van der Waals surface area contributed by atoms with Crippen LogP contribution < -0.4 is 15.8 Å². The van der Waals surface area contributed by atoms with Crippen LogP contribution in [0.1, 0.15) is 26.3 Å². The molecule has 1 aromatic rings. The summed E-state index contributed by atoms with van der Waals surface area (Å²) in [5.74, 6) is 0.419. The van der Waals surface area contributed by atoms with Crippen molar-refractivity contribution in [1.29, 1.82) is 0 Å². The number of carbonyl (C=O) groups is 1. The third-order valence-electron chi connectivity index (χ3n) is 2.43. The minimum Gasteiger partial charge on any atom is -0.495 e. The summed E-state index contributed by atoms with van der Waals surface area (Å²) in [6.07, 6.45) is 0. The highest BCUT2D eigenvalue weighted by Crippen LogP contribution is 2.30. The number of benzene rings is 1. The fourth-order valence-corrected chi connectivity index (χ4v) is 1.51. The minimum atomic E-state index is -0.506. The lowest BCUT2D eigenvalue weighted by Gasteiger charge is -2.20. The molecular weight excluding hydrogens is 248 g/mol. The summed E-state index contributed by atoms with van der Waals surface area (Å²) < 4.78 is 5.22. The van der Waals surface area contributed by atoms with Crippen LogP contribution in [0.25, 0.3) is 0 Å². The van der Waals surface area contributed by atoms with Crippen LogP contribution in [0.15, 0.2) is 18.2 Å². The quantitative estimate of drug-likeness (QED) is 0.824. The minimum absolute atomic E-state index is 0.121. The first-order chi connectivity index (χ1) is 8.27. The predicted molar refractivity (Wildman–Crippen MR) is 77.0 cm³/mol. The van der Waals surface area contributed by atoms with Crippen molar-refractivity contribution in [1.82, 2.24) is 0 Å². The molecule has 18 heavy (non-hydrogen) atoms. The Hall–Kier alpha value is -1.62. The average molecular weight is 266 g/mol. The van der Waals surface area contributed by atoms with Crippen LogP contribution in [-0.2, 0) is 4.79 Å². The van der Waals surface area contributed by atoms with Gasteiger partial charge in [0.1, 0.15) is 10.7 Å². The first kappa shape index (κ1) is 14.4. The summed E-state index contributed by atoms with van der Waals surface area (Å²) >= 11 is 4.97. The van der Waals surface area contributed by atoms with Gasteiger partial charge in [-0.1, -0.05) is 39.1 Å². The van der Waals surface area contributed by atoms with Crippen molar-refractivity contribution in [2.24, 2.45) is 11.1 Å². The maximum absolute atomic E-state index is 12.0. The predicted octanol–water partition coefficient (Wildman–Crippen LogP) is 2.31. The Bertz CT molecular complexity index is 478. The van der Waals surface area contributed by atoms with E-state index in [2.05, 4.69) is 5.32 Å². The smallest absolute Gasteiger partial charge is 0.229 e. The molecule has 0 spiro atoms. The number of thiocarbonyl (C=S) groups is 1. The van der Waals surface area contributed by atoms with Crippen molar-refractivity contribution >= 4 is 28.8 Å². The van der Waals surface area contributed by atoms with Crippen molar-refractivity contribution in [2.45, 2.75) is 20.8 Å². The molecular formula is C13H18N2O2S. The number of ether oxygens (including phenoxy) is 1. The van der Waals surface area contributed by atoms with Gasteiger partial charge in [-0.15, -0.1) is 0 Å². The normalized spacial score (nSPS) is 10.9. The third kappa shape index (κ3) is 3.20. The number of carbonyl (C=O) groups excluding carboxylic acids is 1. The first-order valence-electron chi connectivity index (χ1n) is 5.55. The fraction of sp³-hybridized carbons (Fsp3) is 0.385. The lowest BCUT2D eigenvalue weighted by molar-refractivity contribution is -0.123. The first-order valence-corrected chi connectivity index (χ1v) is 5.96. The Labute approximate surface area is 113 Å². The second kappa shape index (κ2) is 5.35. The molecule has 0 aliphatic heterocycles. The van der Waals surface area contributed by atoms with Crippen molar-refractivity contribution < 1.29 is 9.53 Å². The van der Waals surface area contributed by atoms with E-state index in [9.17, 15) is 4.79 Å². The zero-order valence-electron chi connectivity index (χ0n) is 11.0. The number of hydrogen-bond donors (Lipinski definition) is 2. The lowest BCUT2D eigenvalue weighted by Crippen LogP contribution is -2.29. The molecule has 0 fully saturated rings. The Morgan fingerprint density at radius 2 is 2.00 bits per heavy atom. The van der Waals surface area contributed by atoms with E-state index in [0.29, 0.717) is 17.0 Å². The van der Waals surface area contributed by atoms with E-state index in [0.717, 1.165) is 0 Å². The molecule has 0 aromatic heterocycles. The topological polar surface area (TPSA) is 64.3 Å². The van der Waals surface area contributed by atoms with E-state index >= 15 is 0 Å². The molecule has 0 radical (unpaired) electrons. The molecule has 98 valence electrons. The zero-order chi connectivity index (χ0) is 13.9. The van der Waals surface area contributed by atoms with Crippen LogP contribution in [0.2, 0.25) is 0 Å². The molecule has 4 nitrogen and oxygen atoms in total. The lowest BCUT2D eigenvalue weighted by atomic mass is 9.95. The van der Waals surface area contributed by atoms with E-state index in [4.69, 9.17) is 22.7 Å². The molecule has 0 aliphatic carbocycles. The van der Waals surface area contributed by atoms with Crippen LogP contribution in [-0.4, -0.2) is 18.0 Å². The van der Waals surface area contributed by atoms with Crippen LogP contribution in [0, 0.1) is 5.41 Å². The van der Waals surface area contributed by atoms with Crippen LogP contribution in [0.4, 0.5) is 5.69 Å².